The summed E-state index contributed by atoms with van der Waals surface area (Å²) in [5.41, 5.74) is 2.92. The summed E-state index contributed by atoms with van der Waals surface area (Å²) in [5, 5.41) is 2.15. The molecule has 0 spiro atoms. The largest absolute Gasteiger partial charge is 0.251 e. The van der Waals surface area contributed by atoms with Gasteiger partial charge in [-0.15, -0.1) is 0 Å². The van der Waals surface area contributed by atoms with Gasteiger partial charge in [0.05, 0.1) is 15.6 Å². The third-order valence-electron chi connectivity index (χ3n) is 2.21. The molecule has 2 rings (SSSR count). The number of benzene rings is 1. The van der Waals surface area contributed by atoms with E-state index < -0.39 is 0 Å². The number of hydrogen-bond acceptors (Lipinski definition) is 1. The van der Waals surface area contributed by atoms with Gasteiger partial charge in [-0.2, -0.15) is 0 Å². The van der Waals surface area contributed by atoms with Gasteiger partial charge in [-0.25, -0.2) is 0 Å². The molecule has 0 atom stereocenters. The van der Waals surface area contributed by atoms with Crippen LogP contribution in [0.1, 0.15) is 11.3 Å². The molecule has 3 heteroatoms. The van der Waals surface area contributed by atoms with Crippen LogP contribution in [-0.2, 0) is 0 Å². The Bertz CT molecular complexity index is 506. The molecular formula is C11H9Cl2N. The zero-order valence-electron chi connectivity index (χ0n) is 7.94. The van der Waals surface area contributed by atoms with Crippen molar-refractivity contribution in [3.05, 3.63) is 39.5 Å². The molecule has 1 aromatic heterocycles. The lowest BCUT2D eigenvalue weighted by atomic mass is 10.1. The Hall–Kier alpha value is -0.790. The molecule has 72 valence electrons. The quantitative estimate of drug-likeness (QED) is 0.657. The highest BCUT2D eigenvalue weighted by Crippen LogP contribution is 2.30. The molecule has 0 saturated carbocycles. The van der Waals surface area contributed by atoms with Gasteiger partial charge in [0.25, 0.3) is 0 Å². The molecule has 2 aromatic rings. The van der Waals surface area contributed by atoms with Crippen molar-refractivity contribution in [2.75, 3.05) is 0 Å². The molecule has 0 aliphatic heterocycles. The van der Waals surface area contributed by atoms with E-state index in [1.807, 2.05) is 26.0 Å². The summed E-state index contributed by atoms with van der Waals surface area (Å²) in [6.45, 7) is 3.99. The summed E-state index contributed by atoms with van der Waals surface area (Å²) < 4.78 is 0. The maximum atomic E-state index is 6.08. The van der Waals surface area contributed by atoms with E-state index in [4.69, 9.17) is 23.2 Å². The first-order chi connectivity index (χ1) is 6.59. The minimum absolute atomic E-state index is 0.538. The van der Waals surface area contributed by atoms with Gasteiger partial charge in [0.15, 0.2) is 0 Å². The van der Waals surface area contributed by atoms with Crippen LogP contribution in [-0.4, -0.2) is 4.98 Å². The topological polar surface area (TPSA) is 12.9 Å². The lowest BCUT2D eigenvalue weighted by Gasteiger charge is -2.05. The number of aromatic nitrogens is 1. The molecule has 1 aromatic carbocycles. The Balaban J connectivity index is 2.95. The van der Waals surface area contributed by atoms with Gasteiger partial charge in [-0.3, -0.25) is 4.98 Å². The molecule has 0 unspecified atom stereocenters. The SMILES string of the molecule is Cc1cc(C)c2ccc(Cl)c(Cl)c2n1. The van der Waals surface area contributed by atoms with Crippen molar-refractivity contribution in [3.63, 3.8) is 0 Å². The molecule has 14 heavy (non-hydrogen) atoms. The van der Waals surface area contributed by atoms with E-state index in [0.717, 1.165) is 16.6 Å². The normalized spacial score (nSPS) is 10.9. The molecule has 0 saturated heterocycles. The standard InChI is InChI=1S/C11H9Cl2N/c1-6-5-7(2)14-11-8(6)3-4-9(12)10(11)13/h3-5H,1-2H3. The Morgan fingerprint density at radius 2 is 1.86 bits per heavy atom. The van der Waals surface area contributed by atoms with Gasteiger partial charge < -0.3 is 0 Å². The molecule has 0 N–H and O–H groups in total. The monoisotopic (exact) mass is 225 g/mol. The van der Waals surface area contributed by atoms with Crippen LogP contribution < -0.4 is 0 Å². The van der Waals surface area contributed by atoms with E-state index in [9.17, 15) is 0 Å². The summed E-state index contributed by atoms with van der Waals surface area (Å²) in [6.07, 6.45) is 0. The van der Waals surface area contributed by atoms with Crippen LogP contribution >= 0.6 is 23.2 Å². The van der Waals surface area contributed by atoms with Crippen molar-refractivity contribution in [3.8, 4) is 0 Å². The summed E-state index contributed by atoms with van der Waals surface area (Å²) in [6, 6.07) is 5.79. The van der Waals surface area contributed by atoms with Crippen LogP contribution in [0.2, 0.25) is 10.0 Å². The average molecular weight is 226 g/mol. The molecule has 0 radical (unpaired) electrons. The lowest BCUT2D eigenvalue weighted by molar-refractivity contribution is 1.23. The Kier molecular flexibility index (Phi) is 2.38. The fourth-order valence-electron chi connectivity index (χ4n) is 1.57. The number of fused-ring (bicyclic) bond motifs is 1. The molecular weight excluding hydrogens is 217 g/mol. The lowest BCUT2D eigenvalue weighted by Crippen LogP contribution is -1.88. The zero-order chi connectivity index (χ0) is 10.3. The van der Waals surface area contributed by atoms with E-state index in [-0.39, 0.29) is 0 Å². The minimum atomic E-state index is 0.538. The van der Waals surface area contributed by atoms with Gasteiger partial charge in [-0.05, 0) is 31.5 Å². The van der Waals surface area contributed by atoms with Crippen molar-refractivity contribution in [2.45, 2.75) is 13.8 Å². The highest BCUT2D eigenvalue weighted by molar-refractivity contribution is 6.45. The first-order valence-corrected chi connectivity index (χ1v) is 5.07. The number of nitrogens with zero attached hydrogens (tertiary/aromatic N) is 1. The second-order valence-electron chi connectivity index (χ2n) is 3.34. The summed E-state index contributed by atoms with van der Waals surface area (Å²) >= 11 is 12.0. The summed E-state index contributed by atoms with van der Waals surface area (Å²) in [5.74, 6) is 0. The third kappa shape index (κ3) is 1.47. The summed E-state index contributed by atoms with van der Waals surface area (Å²) in [4.78, 5) is 4.38. The van der Waals surface area contributed by atoms with Gasteiger partial charge in [-0.1, -0.05) is 29.3 Å². The van der Waals surface area contributed by atoms with Crippen LogP contribution in [0.15, 0.2) is 18.2 Å². The second-order valence-corrected chi connectivity index (χ2v) is 4.12. The van der Waals surface area contributed by atoms with Crippen LogP contribution in [0.4, 0.5) is 0 Å². The highest BCUT2D eigenvalue weighted by Gasteiger charge is 2.07. The van der Waals surface area contributed by atoms with E-state index in [2.05, 4.69) is 4.98 Å². The fourth-order valence-corrected chi connectivity index (χ4v) is 1.93. The molecule has 0 aliphatic carbocycles. The van der Waals surface area contributed by atoms with Crippen LogP contribution in [0.5, 0.6) is 0 Å². The molecule has 0 aliphatic rings. The Labute approximate surface area is 92.7 Å². The smallest absolute Gasteiger partial charge is 0.0909 e. The van der Waals surface area contributed by atoms with Gasteiger partial charge in [0.1, 0.15) is 0 Å². The molecule has 0 fully saturated rings. The number of hydrogen-bond donors (Lipinski definition) is 0. The van der Waals surface area contributed by atoms with Crippen molar-refractivity contribution >= 4 is 34.1 Å². The van der Waals surface area contributed by atoms with Gasteiger partial charge >= 0.3 is 0 Å². The number of aryl methyl sites for hydroxylation is 2. The first kappa shape index (κ1) is 9.75. The predicted octanol–water partition coefficient (Wildman–Crippen LogP) is 4.16. The predicted molar refractivity (Wildman–Crippen MR) is 61.2 cm³/mol. The second kappa shape index (κ2) is 3.41. The fraction of sp³-hybridized carbons (Fsp3) is 0.182. The van der Waals surface area contributed by atoms with Gasteiger partial charge in [0, 0.05) is 11.1 Å². The van der Waals surface area contributed by atoms with Gasteiger partial charge in [0.2, 0.25) is 0 Å². The van der Waals surface area contributed by atoms with Crippen LogP contribution in [0.3, 0.4) is 0 Å². The van der Waals surface area contributed by atoms with Crippen LogP contribution in [0, 0.1) is 13.8 Å². The van der Waals surface area contributed by atoms with E-state index >= 15 is 0 Å². The summed E-state index contributed by atoms with van der Waals surface area (Å²) in [7, 11) is 0. The van der Waals surface area contributed by atoms with Crippen molar-refractivity contribution in [1.82, 2.24) is 4.98 Å². The van der Waals surface area contributed by atoms with E-state index in [1.54, 1.807) is 6.07 Å². The molecule has 0 amide bonds. The third-order valence-corrected chi connectivity index (χ3v) is 3.00. The van der Waals surface area contributed by atoms with Crippen molar-refractivity contribution in [2.24, 2.45) is 0 Å². The number of rotatable bonds is 0. The number of halogens is 2. The number of pyridine rings is 1. The maximum absolute atomic E-state index is 6.08. The first-order valence-electron chi connectivity index (χ1n) is 4.31. The van der Waals surface area contributed by atoms with Crippen molar-refractivity contribution < 1.29 is 0 Å². The molecule has 0 bridgehead atoms. The highest BCUT2D eigenvalue weighted by atomic mass is 35.5. The van der Waals surface area contributed by atoms with Crippen LogP contribution in [0.25, 0.3) is 10.9 Å². The van der Waals surface area contributed by atoms with E-state index in [0.29, 0.717) is 10.0 Å². The minimum Gasteiger partial charge on any atom is -0.251 e. The molecule has 1 nitrogen and oxygen atoms in total. The Morgan fingerprint density at radius 3 is 2.57 bits per heavy atom. The van der Waals surface area contributed by atoms with E-state index in [1.165, 1.54) is 5.56 Å². The van der Waals surface area contributed by atoms with Crippen molar-refractivity contribution in [1.29, 1.82) is 0 Å². The average Bonchev–Trinajstić information content (AvgIpc) is 2.12. The Morgan fingerprint density at radius 1 is 1.14 bits per heavy atom. The maximum Gasteiger partial charge on any atom is 0.0909 e. The zero-order valence-corrected chi connectivity index (χ0v) is 9.45. The molecule has 1 heterocycles.